The summed E-state index contributed by atoms with van der Waals surface area (Å²) in [6, 6.07) is 12.0. The lowest BCUT2D eigenvalue weighted by Gasteiger charge is -2.41. The molecule has 2 saturated heterocycles. The first-order valence-electron chi connectivity index (χ1n) is 12.5. The van der Waals surface area contributed by atoms with Gasteiger partial charge in [0.2, 0.25) is 0 Å². The number of aliphatic carboxylic acids is 1. The van der Waals surface area contributed by atoms with E-state index in [1.807, 2.05) is 13.0 Å². The van der Waals surface area contributed by atoms with E-state index in [1.165, 1.54) is 44.5 Å². The molecule has 3 N–H and O–H groups in total. The van der Waals surface area contributed by atoms with Gasteiger partial charge in [-0.05, 0) is 81.6 Å². The number of carbonyl (C=O) groups is 2. The van der Waals surface area contributed by atoms with Crippen LogP contribution in [-0.4, -0.2) is 73.9 Å². The maximum Gasteiger partial charge on any atom is 0.490 e. The minimum atomic E-state index is -5.08. The summed E-state index contributed by atoms with van der Waals surface area (Å²) in [5.74, 6) is -3.82. The third-order valence-corrected chi connectivity index (χ3v) is 8.11. The van der Waals surface area contributed by atoms with E-state index in [4.69, 9.17) is 9.90 Å². The minimum absolute atomic E-state index is 0.117. The molecule has 9 nitrogen and oxygen atoms in total. The molecule has 214 valence electrons. The number of anilines is 2. The first-order chi connectivity index (χ1) is 18.3. The fourth-order valence-electron chi connectivity index (χ4n) is 4.80. The topological polar surface area (TPSA) is 127 Å². The Morgan fingerprint density at radius 3 is 2.10 bits per heavy atom. The van der Waals surface area contributed by atoms with Gasteiger partial charge in [0.05, 0.1) is 16.1 Å². The molecule has 2 aliphatic rings. The fraction of sp³-hybridized carbons (Fsp3) is 0.462. The van der Waals surface area contributed by atoms with Gasteiger partial charge < -0.3 is 20.0 Å². The Kier molecular flexibility index (Phi) is 9.83. The smallest absolute Gasteiger partial charge is 0.478 e. The lowest BCUT2D eigenvalue weighted by molar-refractivity contribution is -0.192. The third kappa shape index (κ3) is 8.33. The quantitative estimate of drug-likeness (QED) is 0.460. The normalized spacial score (nSPS) is 17.2. The Labute approximate surface area is 225 Å². The molecule has 13 heteroatoms. The molecule has 0 atom stereocenters. The highest BCUT2D eigenvalue weighted by Crippen LogP contribution is 2.30. The van der Waals surface area contributed by atoms with E-state index >= 15 is 0 Å². The minimum Gasteiger partial charge on any atom is -0.478 e. The highest BCUT2D eigenvalue weighted by atomic mass is 32.2. The van der Waals surface area contributed by atoms with Crippen molar-refractivity contribution < 1.29 is 41.4 Å². The van der Waals surface area contributed by atoms with Crippen LogP contribution in [0.25, 0.3) is 0 Å². The molecular weight excluding hydrogens is 539 g/mol. The van der Waals surface area contributed by atoms with Crippen LogP contribution in [0.2, 0.25) is 0 Å². The molecule has 0 bridgehead atoms. The second-order valence-electron chi connectivity index (χ2n) is 9.58. The van der Waals surface area contributed by atoms with Crippen molar-refractivity contribution in [2.45, 2.75) is 56.1 Å². The van der Waals surface area contributed by atoms with Crippen LogP contribution in [-0.2, 0) is 14.8 Å². The Morgan fingerprint density at radius 1 is 0.949 bits per heavy atom. The van der Waals surface area contributed by atoms with Crippen molar-refractivity contribution in [1.29, 1.82) is 0 Å². The predicted octanol–water partition coefficient (Wildman–Crippen LogP) is 4.58. The van der Waals surface area contributed by atoms with Gasteiger partial charge in [0.1, 0.15) is 0 Å². The Balaban J connectivity index is 0.000000532. The molecule has 2 fully saturated rings. The number of nitrogens with one attached hydrogen (secondary N) is 1. The second kappa shape index (κ2) is 12.7. The summed E-state index contributed by atoms with van der Waals surface area (Å²) in [6.07, 6.45) is 0.797. The zero-order chi connectivity index (χ0) is 28.8. The van der Waals surface area contributed by atoms with Gasteiger partial charge in [0.25, 0.3) is 10.0 Å². The van der Waals surface area contributed by atoms with Crippen molar-refractivity contribution in [2.24, 2.45) is 0 Å². The lowest BCUT2D eigenvalue weighted by atomic mass is 9.98. The maximum atomic E-state index is 12.7. The SMILES string of the molecule is Cc1cccc(S(=O)(=O)Nc2ccc(N3CCC(N4CCCCC4)CC3)c(C(=O)O)c2)c1.O=C(O)C(F)(F)F. The summed E-state index contributed by atoms with van der Waals surface area (Å²) in [7, 11) is -3.80. The van der Waals surface area contributed by atoms with Crippen molar-refractivity contribution >= 4 is 33.3 Å². The van der Waals surface area contributed by atoms with Crippen LogP contribution >= 0.6 is 0 Å². The number of carboxylic acids is 2. The number of alkyl halides is 3. The van der Waals surface area contributed by atoms with Crippen LogP contribution < -0.4 is 9.62 Å². The number of benzene rings is 2. The molecule has 2 aliphatic heterocycles. The number of aryl methyl sites for hydroxylation is 1. The van der Waals surface area contributed by atoms with Crippen LogP contribution in [0, 0.1) is 6.92 Å². The van der Waals surface area contributed by atoms with Gasteiger partial charge in [0, 0.05) is 24.8 Å². The number of likely N-dealkylation sites (tertiary alicyclic amines) is 1. The largest absolute Gasteiger partial charge is 0.490 e. The van der Waals surface area contributed by atoms with E-state index in [0.29, 0.717) is 11.7 Å². The summed E-state index contributed by atoms with van der Waals surface area (Å²) in [5, 5.41) is 16.9. The lowest BCUT2D eigenvalue weighted by Crippen LogP contribution is -2.47. The average Bonchev–Trinajstić information content (AvgIpc) is 2.89. The number of sulfonamides is 1. The highest BCUT2D eigenvalue weighted by Gasteiger charge is 2.38. The number of hydrogen-bond donors (Lipinski definition) is 3. The first-order valence-corrected chi connectivity index (χ1v) is 14.0. The van der Waals surface area contributed by atoms with Crippen molar-refractivity contribution in [3.05, 3.63) is 53.6 Å². The molecule has 2 heterocycles. The Bertz CT molecular complexity index is 1270. The van der Waals surface area contributed by atoms with E-state index in [-0.39, 0.29) is 16.1 Å². The van der Waals surface area contributed by atoms with Crippen molar-refractivity contribution in [1.82, 2.24) is 4.90 Å². The van der Waals surface area contributed by atoms with Gasteiger partial charge in [-0.3, -0.25) is 4.72 Å². The van der Waals surface area contributed by atoms with E-state index < -0.39 is 28.1 Å². The zero-order valence-corrected chi connectivity index (χ0v) is 22.3. The van der Waals surface area contributed by atoms with Crippen LogP contribution in [0.15, 0.2) is 47.4 Å². The average molecular weight is 572 g/mol. The summed E-state index contributed by atoms with van der Waals surface area (Å²) < 4.78 is 59.7. The fourth-order valence-corrected chi connectivity index (χ4v) is 5.95. The summed E-state index contributed by atoms with van der Waals surface area (Å²) in [6.45, 7) is 5.76. The highest BCUT2D eigenvalue weighted by molar-refractivity contribution is 7.92. The molecule has 0 aliphatic carbocycles. The number of nitrogens with zero attached hydrogens (tertiary/aromatic N) is 2. The van der Waals surface area contributed by atoms with E-state index in [0.717, 1.165) is 31.5 Å². The molecule has 4 rings (SSSR count). The van der Waals surface area contributed by atoms with Crippen LogP contribution in [0.5, 0.6) is 0 Å². The number of aromatic carboxylic acids is 1. The van der Waals surface area contributed by atoms with Gasteiger partial charge in [-0.1, -0.05) is 18.6 Å². The zero-order valence-electron chi connectivity index (χ0n) is 21.4. The monoisotopic (exact) mass is 571 g/mol. The van der Waals surface area contributed by atoms with Gasteiger partial charge >= 0.3 is 18.1 Å². The molecular formula is C26H32F3N3O6S. The number of carboxylic acid groups (broad SMARTS) is 2. The molecule has 0 spiro atoms. The van der Waals surface area contributed by atoms with Gasteiger partial charge in [-0.25, -0.2) is 18.0 Å². The number of piperidine rings is 2. The van der Waals surface area contributed by atoms with Gasteiger partial charge in [-0.15, -0.1) is 0 Å². The van der Waals surface area contributed by atoms with Crippen LogP contribution in [0.4, 0.5) is 24.5 Å². The number of hydrogen-bond acceptors (Lipinski definition) is 6. The molecule has 39 heavy (non-hydrogen) atoms. The van der Waals surface area contributed by atoms with Crippen LogP contribution in [0.1, 0.15) is 48.0 Å². The predicted molar refractivity (Wildman–Crippen MR) is 140 cm³/mol. The molecule has 0 aromatic heterocycles. The number of halogens is 3. The van der Waals surface area contributed by atoms with E-state index in [1.54, 1.807) is 24.3 Å². The summed E-state index contributed by atoms with van der Waals surface area (Å²) in [4.78, 5) is 25.7. The van der Waals surface area contributed by atoms with Crippen LogP contribution in [0.3, 0.4) is 0 Å². The first kappa shape index (κ1) is 30.2. The number of rotatable bonds is 6. The third-order valence-electron chi connectivity index (χ3n) is 6.73. The van der Waals surface area contributed by atoms with Crippen molar-refractivity contribution in [3.63, 3.8) is 0 Å². The Morgan fingerprint density at radius 2 is 1.56 bits per heavy atom. The van der Waals surface area contributed by atoms with Gasteiger partial charge in [0.15, 0.2) is 0 Å². The van der Waals surface area contributed by atoms with Crippen molar-refractivity contribution in [3.8, 4) is 0 Å². The van der Waals surface area contributed by atoms with E-state index in [2.05, 4.69) is 14.5 Å². The molecule has 0 saturated carbocycles. The standard InChI is InChI=1S/C24H31N3O4S.C2HF3O2/c1-18-6-5-7-21(16-18)32(30,31)25-19-8-9-23(22(17-19)24(28)29)27-14-10-20(11-15-27)26-12-3-2-4-13-26;3-2(4,5)1(6)7/h5-9,16-17,20,25H,2-4,10-15H2,1H3,(H,28,29);(H,6,7). The molecule has 0 radical (unpaired) electrons. The molecule has 2 aromatic rings. The molecule has 2 aromatic carbocycles. The summed E-state index contributed by atoms with van der Waals surface area (Å²) >= 11 is 0. The van der Waals surface area contributed by atoms with Gasteiger partial charge in [-0.2, -0.15) is 13.2 Å². The van der Waals surface area contributed by atoms with E-state index in [9.17, 15) is 31.5 Å². The molecule has 0 unspecified atom stereocenters. The molecule has 0 amide bonds. The Hall–Kier alpha value is -3.32. The van der Waals surface area contributed by atoms with Crippen molar-refractivity contribution in [2.75, 3.05) is 35.8 Å². The second-order valence-corrected chi connectivity index (χ2v) is 11.3. The maximum absolute atomic E-state index is 12.7. The summed E-state index contributed by atoms with van der Waals surface area (Å²) in [5.41, 5.74) is 1.84.